The predicted molar refractivity (Wildman–Crippen MR) is 72.2 cm³/mol. The third-order valence-corrected chi connectivity index (χ3v) is 4.65. The van der Waals surface area contributed by atoms with Crippen molar-refractivity contribution in [2.45, 2.75) is 57.6 Å². The van der Waals surface area contributed by atoms with Gasteiger partial charge in [0.25, 0.3) is 0 Å². The van der Waals surface area contributed by atoms with E-state index < -0.39 is 0 Å². The quantitative estimate of drug-likeness (QED) is 0.621. The lowest BCUT2D eigenvalue weighted by Gasteiger charge is -2.41. The molecule has 0 bridgehead atoms. The van der Waals surface area contributed by atoms with Crippen molar-refractivity contribution in [3.05, 3.63) is 0 Å². The van der Waals surface area contributed by atoms with Crippen molar-refractivity contribution in [1.82, 2.24) is 4.90 Å². The summed E-state index contributed by atoms with van der Waals surface area (Å²) >= 11 is 0. The molecule has 1 saturated heterocycles. The van der Waals surface area contributed by atoms with Crippen molar-refractivity contribution in [3.8, 4) is 0 Å². The molecule has 0 spiro atoms. The van der Waals surface area contributed by atoms with E-state index in [1.54, 1.807) is 0 Å². The number of methoxy groups -OCH3 is 1. The van der Waals surface area contributed by atoms with Crippen LogP contribution in [-0.4, -0.2) is 48.2 Å². The number of likely N-dealkylation sites (tertiary alicyclic amines) is 1. The Morgan fingerprint density at radius 1 is 1.44 bits per heavy atom. The fourth-order valence-electron chi connectivity index (χ4n) is 3.44. The molecule has 2 aliphatic rings. The van der Waals surface area contributed by atoms with E-state index in [4.69, 9.17) is 9.94 Å². The number of nitrogens with zero attached hydrogens (tertiary/aromatic N) is 2. The Morgan fingerprint density at radius 2 is 2.28 bits per heavy atom. The number of hydrogen-bond donors (Lipinski definition) is 1. The van der Waals surface area contributed by atoms with E-state index in [1.807, 2.05) is 7.11 Å². The van der Waals surface area contributed by atoms with Crippen LogP contribution in [0, 0.1) is 5.92 Å². The molecule has 0 radical (unpaired) electrons. The average molecular weight is 254 g/mol. The third-order valence-electron chi connectivity index (χ3n) is 4.65. The first-order chi connectivity index (χ1) is 8.78. The molecule has 2 fully saturated rings. The van der Waals surface area contributed by atoms with Crippen molar-refractivity contribution in [2.75, 3.05) is 20.2 Å². The first-order valence-electron chi connectivity index (χ1n) is 7.26. The standard InChI is InChI=1S/C14H26N2O2/c1-3-11-10-16(8-7-14(11)15-17)12-5-4-6-13(9-12)18-2/h11-13,17H,3-10H2,1-2H3. The summed E-state index contributed by atoms with van der Waals surface area (Å²) in [6.45, 7) is 4.27. The maximum absolute atomic E-state index is 9.02. The summed E-state index contributed by atoms with van der Waals surface area (Å²) in [5, 5.41) is 12.5. The molecule has 0 aromatic rings. The second-order valence-corrected chi connectivity index (χ2v) is 5.62. The third kappa shape index (κ3) is 3.04. The molecule has 2 rings (SSSR count). The molecule has 1 aliphatic heterocycles. The Morgan fingerprint density at radius 3 is 2.94 bits per heavy atom. The van der Waals surface area contributed by atoms with E-state index in [9.17, 15) is 0 Å². The molecule has 3 atom stereocenters. The number of ether oxygens (including phenoxy) is 1. The van der Waals surface area contributed by atoms with Crippen LogP contribution < -0.4 is 0 Å². The lowest BCUT2D eigenvalue weighted by Crippen LogP contribution is -2.48. The van der Waals surface area contributed by atoms with E-state index >= 15 is 0 Å². The lowest BCUT2D eigenvalue weighted by molar-refractivity contribution is 0.0235. The van der Waals surface area contributed by atoms with Gasteiger partial charge in [0.15, 0.2) is 0 Å². The van der Waals surface area contributed by atoms with Crippen molar-refractivity contribution in [3.63, 3.8) is 0 Å². The van der Waals surface area contributed by atoms with Gasteiger partial charge in [0.1, 0.15) is 0 Å². The molecule has 104 valence electrons. The van der Waals surface area contributed by atoms with Crippen LogP contribution in [0.2, 0.25) is 0 Å². The topological polar surface area (TPSA) is 45.1 Å². The molecule has 18 heavy (non-hydrogen) atoms. The minimum absolute atomic E-state index is 0.437. The van der Waals surface area contributed by atoms with Gasteiger partial charge in [-0.3, -0.25) is 4.90 Å². The highest BCUT2D eigenvalue weighted by atomic mass is 16.5. The minimum Gasteiger partial charge on any atom is -0.411 e. The Kier molecular flexibility index (Phi) is 5.01. The molecular weight excluding hydrogens is 228 g/mol. The molecule has 3 unspecified atom stereocenters. The summed E-state index contributed by atoms with van der Waals surface area (Å²) < 4.78 is 5.52. The van der Waals surface area contributed by atoms with Gasteiger partial charge in [-0.25, -0.2) is 0 Å². The molecule has 1 N–H and O–H groups in total. The second kappa shape index (κ2) is 6.53. The number of oxime groups is 1. The molecule has 0 aromatic heterocycles. The number of rotatable bonds is 3. The van der Waals surface area contributed by atoms with Crippen molar-refractivity contribution >= 4 is 5.71 Å². The molecule has 0 aromatic carbocycles. The summed E-state index contributed by atoms with van der Waals surface area (Å²) in [6.07, 6.45) is 7.37. The van der Waals surface area contributed by atoms with Crippen molar-refractivity contribution in [2.24, 2.45) is 11.1 Å². The Hall–Kier alpha value is -0.610. The summed E-state index contributed by atoms with van der Waals surface area (Å²) in [5.74, 6) is 0.437. The van der Waals surface area contributed by atoms with Crippen LogP contribution >= 0.6 is 0 Å². The zero-order chi connectivity index (χ0) is 13.0. The highest BCUT2D eigenvalue weighted by Crippen LogP contribution is 2.28. The van der Waals surface area contributed by atoms with Crippen LogP contribution in [-0.2, 0) is 4.74 Å². The van der Waals surface area contributed by atoms with Gasteiger partial charge in [0.05, 0.1) is 11.8 Å². The normalized spacial score (nSPS) is 37.0. The van der Waals surface area contributed by atoms with E-state index in [0.717, 1.165) is 31.6 Å². The zero-order valence-corrected chi connectivity index (χ0v) is 11.6. The van der Waals surface area contributed by atoms with Gasteiger partial charge in [0, 0.05) is 38.6 Å². The van der Waals surface area contributed by atoms with Crippen LogP contribution in [0.4, 0.5) is 0 Å². The van der Waals surface area contributed by atoms with Crippen LogP contribution in [0.25, 0.3) is 0 Å². The molecule has 4 nitrogen and oxygen atoms in total. The summed E-state index contributed by atoms with van der Waals surface area (Å²) in [5.41, 5.74) is 0.993. The van der Waals surface area contributed by atoms with Crippen molar-refractivity contribution < 1.29 is 9.94 Å². The smallest absolute Gasteiger partial charge is 0.0627 e. The molecular formula is C14H26N2O2. The second-order valence-electron chi connectivity index (χ2n) is 5.62. The average Bonchev–Trinajstić information content (AvgIpc) is 2.46. The molecule has 0 amide bonds. The van der Waals surface area contributed by atoms with Crippen LogP contribution in [0.15, 0.2) is 5.16 Å². The summed E-state index contributed by atoms with van der Waals surface area (Å²) in [4.78, 5) is 2.59. The molecule has 1 saturated carbocycles. The fourth-order valence-corrected chi connectivity index (χ4v) is 3.44. The predicted octanol–water partition coefficient (Wildman–Crippen LogP) is 2.51. The maximum atomic E-state index is 9.02. The molecule has 4 heteroatoms. The highest BCUT2D eigenvalue weighted by Gasteiger charge is 2.32. The number of hydrogen-bond acceptors (Lipinski definition) is 4. The summed E-state index contributed by atoms with van der Waals surface area (Å²) in [7, 11) is 1.83. The Balaban J connectivity index is 1.93. The summed E-state index contributed by atoms with van der Waals surface area (Å²) in [6, 6.07) is 0.665. The number of piperidine rings is 1. The SMILES string of the molecule is CCC1CN(C2CCCC(OC)C2)CCC1=NO. The van der Waals surface area contributed by atoms with Gasteiger partial charge in [-0.1, -0.05) is 12.1 Å². The highest BCUT2D eigenvalue weighted by molar-refractivity contribution is 5.87. The van der Waals surface area contributed by atoms with Crippen LogP contribution in [0.3, 0.4) is 0 Å². The van der Waals surface area contributed by atoms with Gasteiger partial charge in [0.2, 0.25) is 0 Å². The van der Waals surface area contributed by atoms with E-state index in [1.165, 1.54) is 25.7 Å². The monoisotopic (exact) mass is 254 g/mol. The largest absolute Gasteiger partial charge is 0.411 e. The Bertz CT molecular complexity index is 294. The zero-order valence-electron chi connectivity index (χ0n) is 11.6. The first kappa shape index (κ1) is 13.8. The van der Waals surface area contributed by atoms with E-state index in [-0.39, 0.29) is 0 Å². The van der Waals surface area contributed by atoms with Crippen LogP contribution in [0.5, 0.6) is 0 Å². The van der Waals surface area contributed by atoms with Gasteiger partial charge in [-0.2, -0.15) is 0 Å². The fraction of sp³-hybridized carbons (Fsp3) is 0.929. The van der Waals surface area contributed by atoms with E-state index in [2.05, 4.69) is 17.0 Å². The van der Waals surface area contributed by atoms with Crippen molar-refractivity contribution in [1.29, 1.82) is 0 Å². The first-order valence-corrected chi connectivity index (χ1v) is 7.26. The maximum Gasteiger partial charge on any atom is 0.0627 e. The molecule has 1 heterocycles. The Labute approximate surface area is 110 Å². The van der Waals surface area contributed by atoms with Crippen LogP contribution in [0.1, 0.15) is 45.4 Å². The lowest BCUT2D eigenvalue weighted by atomic mass is 9.87. The van der Waals surface area contributed by atoms with E-state index in [0.29, 0.717) is 18.1 Å². The molecule has 1 aliphatic carbocycles. The van der Waals surface area contributed by atoms with Gasteiger partial charge >= 0.3 is 0 Å². The van der Waals surface area contributed by atoms with Gasteiger partial charge in [-0.15, -0.1) is 0 Å². The van der Waals surface area contributed by atoms with Gasteiger partial charge < -0.3 is 9.94 Å². The van der Waals surface area contributed by atoms with Gasteiger partial charge in [-0.05, 0) is 32.1 Å². The minimum atomic E-state index is 0.437.